The molecule has 8 heteroatoms. The molecule has 0 unspecified atom stereocenters. The van der Waals surface area contributed by atoms with Crippen molar-refractivity contribution in [1.29, 1.82) is 0 Å². The Hall–Kier alpha value is -3.78. The Morgan fingerprint density at radius 2 is 1.74 bits per heavy atom. The van der Waals surface area contributed by atoms with Crippen molar-refractivity contribution in [2.24, 2.45) is 5.92 Å². The number of nitrogens with one attached hydrogen (secondary N) is 1. The maximum Gasteiger partial charge on any atom is 0.321 e. The van der Waals surface area contributed by atoms with Crippen molar-refractivity contribution < 1.29 is 9.53 Å². The SMILES string of the molecule is CC(C)C(=O)N1CCN(Cc2ccc3cc(Oc4ncc(-c5ccn[nH]5)cn4)ccc3c2)CC1. The number of amides is 1. The van der Waals surface area contributed by atoms with Crippen LogP contribution >= 0.6 is 0 Å². The summed E-state index contributed by atoms with van der Waals surface area (Å²) in [7, 11) is 0. The molecule has 4 aromatic rings. The Balaban J connectivity index is 1.21. The normalized spacial score (nSPS) is 14.6. The summed E-state index contributed by atoms with van der Waals surface area (Å²) >= 11 is 0. The van der Waals surface area contributed by atoms with Crippen LogP contribution in [-0.2, 0) is 11.3 Å². The molecule has 34 heavy (non-hydrogen) atoms. The molecular weight excluding hydrogens is 428 g/mol. The smallest absolute Gasteiger partial charge is 0.321 e. The number of fused-ring (bicyclic) bond motifs is 1. The predicted molar refractivity (Wildman–Crippen MR) is 130 cm³/mol. The Bertz CT molecular complexity index is 1260. The summed E-state index contributed by atoms with van der Waals surface area (Å²) in [4.78, 5) is 25.2. The number of carbonyl (C=O) groups is 1. The van der Waals surface area contributed by atoms with Gasteiger partial charge in [-0.05, 0) is 40.6 Å². The van der Waals surface area contributed by atoms with Crippen LogP contribution in [0.3, 0.4) is 0 Å². The molecule has 8 nitrogen and oxygen atoms in total. The first kappa shape index (κ1) is 22.0. The molecule has 0 aliphatic carbocycles. The van der Waals surface area contributed by atoms with Gasteiger partial charge in [-0.15, -0.1) is 0 Å². The third-order valence-electron chi connectivity index (χ3n) is 6.11. The lowest BCUT2D eigenvalue weighted by Crippen LogP contribution is -2.49. The molecular formula is C26H28N6O2. The van der Waals surface area contributed by atoms with Crippen LogP contribution in [0.15, 0.2) is 61.1 Å². The van der Waals surface area contributed by atoms with E-state index in [4.69, 9.17) is 4.74 Å². The van der Waals surface area contributed by atoms with Gasteiger partial charge in [0.1, 0.15) is 5.75 Å². The van der Waals surface area contributed by atoms with Crippen molar-refractivity contribution in [2.45, 2.75) is 20.4 Å². The quantitative estimate of drug-likeness (QED) is 0.470. The Morgan fingerprint density at radius 1 is 1.00 bits per heavy atom. The first-order valence-electron chi connectivity index (χ1n) is 11.6. The fourth-order valence-electron chi connectivity index (χ4n) is 4.21. The van der Waals surface area contributed by atoms with Gasteiger partial charge in [-0.1, -0.05) is 32.0 Å². The van der Waals surface area contributed by atoms with Gasteiger partial charge in [-0.3, -0.25) is 14.8 Å². The highest BCUT2D eigenvalue weighted by molar-refractivity contribution is 5.84. The first-order chi connectivity index (χ1) is 16.5. The summed E-state index contributed by atoms with van der Waals surface area (Å²) in [6.45, 7) is 8.23. The average Bonchev–Trinajstić information content (AvgIpc) is 3.40. The second kappa shape index (κ2) is 9.61. The van der Waals surface area contributed by atoms with Gasteiger partial charge >= 0.3 is 6.01 Å². The van der Waals surface area contributed by atoms with Crippen LogP contribution in [0.2, 0.25) is 0 Å². The lowest BCUT2D eigenvalue weighted by atomic mass is 10.1. The summed E-state index contributed by atoms with van der Waals surface area (Å²) in [5.74, 6) is 1.01. The van der Waals surface area contributed by atoms with Crippen LogP contribution in [0, 0.1) is 5.92 Å². The number of hydrogen-bond acceptors (Lipinski definition) is 6. The lowest BCUT2D eigenvalue weighted by Gasteiger charge is -2.35. The van der Waals surface area contributed by atoms with E-state index in [9.17, 15) is 4.79 Å². The van der Waals surface area contributed by atoms with E-state index in [0.717, 1.165) is 54.8 Å². The number of aromatic amines is 1. The summed E-state index contributed by atoms with van der Waals surface area (Å²) in [5, 5.41) is 9.10. The van der Waals surface area contributed by atoms with Crippen LogP contribution in [0.5, 0.6) is 11.8 Å². The fraction of sp³-hybridized carbons (Fsp3) is 0.308. The van der Waals surface area contributed by atoms with E-state index in [0.29, 0.717) is 11.8 Å². The molecule has 0 atom stereocenters. The molecule has 5 rings (SSSR count). The van der Waals surface area contributed by atoms with Crippen molar-refractivity contribution in [3.8, 4) is 23.0 Å². The monoisotopic (exact) mass is 456 g/mol. The molecule has 0 bridgehead atoms. The molecule has 1 fully saturated rings. The highest BCUT2D eigenvalue weighted by Crippen LogP contribution is 2.26. The molecule has 1 amide bonds. The molecule has 0 spiro atoms. The number of benzene rings is 2. The predicted octanol–water partition coefficient (Wildman–Crippen LogP) is 4.11. The first-order valence-corrected chi connectivity index (χ1v) is 11.6. The zero-order chi connectivity index (χ0) is 23.5. The Kier molecular flexibility index (Phi) is 6.22. The molecule has 174 valence electrons. The number of nitrogens with zero attached hydrogens (tertiary/aromatic N) is 5. The number of H-pyrrole nitrogens is 1. The Labute approximate surface area is 198 Å². The molecule has 1 N–H and O–H groups in total. The molecule has 1 aliphatic rings. The van der Waals surface area contributed by atoms with E-state index in [1.54, 1.807) is 18.6 Å². The third-order valence-corrected chi connectivity index (χ3v) is 6.11. The van der Waals surface area contributed by atoms with Gasteiger partial charge < -0.3 is 9.64 Å². The number of hydrogen-bond donors (Lipinski definition) is 1. The number of carbonyl (C=O) groups excluding carboxylic acids is 1. The maximum absolute atomic E-state index is 12.2. The standard InChI is InChI=1S/C26H28N6O2/c1-18(2)25(33)32-11-9-31(10-12-32)17-19-3-4-21-14-23(6-5-20(21)13-19)34-26-27-15-22(16-28-26)24-7-8-29-30-24/h3-8,13-16,18H,9-12,17H2,1-2H3,(H,29,30). The number of rotatable bonds is 6. The van der Waals surface area contributed by atoms with Gasteiger partial charge in [0.2, 0.25) is 5.91 Å². The van der Waals surface area contributed by atoms with E-state index in [1.807, 2.05) is 36.9 Å². The second-order valence-electron chi connectivity index (χ2n) is 8.93. The minimum atomic E-state index is 0.0637. The minimum Gasteiger partial charge on any atom is -0.424 e. The van der Waals surface area contributed by atoms with E-state index in [1.165, 1.54) is 5.56 Å². The van der Waals surface area contributed by atoms with Crippen LogP contribution in [0.4, 0.5) is 0 Å². The number of ether oxygens (including phenoxy) is 1. The summed E-state index contributed by atoms with van der Waals surface area (Å²) in [5.41, 5.74) is 2.98. The molecule has 0 saturated carbocycles. The zero-order valence-electron chi connectivity index (χ0n) is 19.4. The van der Waals surface area contributed by atoms with Crippen molar-refractivity contribution in [1.82, 2.24) is 30.0 Å². The summed E-state index contributed by atoms with van der Waals surface area (Å²) in [6, 6.07) is 14.7. The maximum atomic E-state index is 12.2. The topological polar surface area (TPSA) is 87.2 Å². The molecule has 0 radical (unpaired) electrons. The zero-order valence-corrected chi connectivity index (χ0v) is 19.4. The molecule has 2 aromatic heterocycles. The van der Waals surface area contributed by atoms with Crippen LogP contribution < -0.4 is 4.74 Å². The molecule has 1 aliphatic heterocycles. The van der Waals surface area contributed by atoms with Crippen molar-refractivity contribution in [3.63, 3.8) is 0 Å². The Morgan fingerprint density at radius 3 is 2.44 bits per heavy atom. The third kappa shape index (κ3) is 4.92. The van der Waals surface area contributed by atoms with E-state index in [-0.39, 0.29) is 11.8 Å². The largest absolute Gasteiger partial charge is 0.424 e. The average molecular weight is 457 g/mol. The van der Waals surface area contributed by atoms with E-state index >= 15 is 0 Å². The lowest BCUT2D eigenvalue weighted by molar-refractivity contribution is -0.136. The molecule has 1 saturated heterocycles. The highest BCUT2D eigenvalue weighted by Gasteiger charge is 2.22. The van der Waals surface area contributed by atoms with E-state index in [2.05, 4.69) is 49.3 Å². The van der Waals surface area contributed by atoms with Gasteiger partial charge in [0.05, 0.1) is 5.69 Å². The fourth-order valence-corrected chi connectivity index (χ4v) is 4.21. The van der Waals surface area contributed by atoms with Gasteiger partial charge in [-0.25, -0.2) is 9.97 Å². The van der Waals surface area contributed by atoms with Crippen LogP contribution in [-0.4, -0.2) is 62.1 Å². The van der Waals surface area contributed by atoms with Gasteiger partial charge in [0, 0.05) is 62.8 Å². The van der Waals surface area contributed by atoms with Gasteiger partial charge in [-0.2, -0.15) is 5.10 Å². The molecule has 3 heterocycles. The summed E-state index contributed by atoms with van der Waals surface area (Å²) in [6.07, 6.45) is 5.11. The minimum absolute atomic E-state index is 0.0637. The number of aromatic nitrogens is 4. The van der Waals surface area contributed by atoms with Gasteiger partial charge in [0.25, 0.3) is 0 Å². The highest BCUT2D eigenvalue weighted by atomic mass is 16.5. The summed E-state index contributed by atoms with van der Waals surface area (Å²) < 4.78 is 5.87. The molecule has 2 aromatic carbocycles. The number of piperazine rings is 1. The van der Waals surface area contributed by atoms with Crippen molar-refractivity contribution in [3.05, 3.63) is 66.6 Å². The van der Waals surface area contributed by atoms with Crippen LogP contribution in [0.25, 0.3) is 22.0 Å². The van der Waals surface area contributed by atoms with Crippen molar-refractivity contribution >= 4 is 16.7 Å². The van der Waals surface area contributed by atoms with E-state index < -0.39 is 0 Å². The van der Waals surface area contributed by atoms with Crippen molar-refractivity contribution in [2.75, 3.05) is 26.2 Å². The van der Waals surface area contributed by atoms with Gasteiger partial charge in [0.15, 0.2) is 0 Å². The van der Waals surface area contributed by atoms with Crippen LogP contribution in [0.1, 0.15) is 19.4 Å². The second-order valence-corrected chi connectivity index (χ2v) is 8.93.